The van der Waals surface area contributed by atoms with Crippen LogP contribution in [0.5, 0.6) is 23.0 Å². The molecular formula is C31H31N3O5. The van der Waals surface area contributed by atoms with E-state index >= 15 is 0 Å². The van der Waals surface area contributed by atoms with Gasteiger partial charge in [0.1, 0.15) is 11.5 Å². The maximum atomic E-state index is 14.0. The monoisotopic (exact) mass is 525 g/mol. The van der Waals surface area contributed by atoms with Gasteiger partial charge >= 0.3 is 0 Å². The molecule has 2 aliphatic heterocycles. The number of amides is 1. The highest BCUT2D eigenvalue weighted by Gasteiger charge is 2.25. The number of aryl methyl sites for hydroxylation is 1. The van der Waals surface area contributed by atoms with Crippen molar-refractivity contribution in [3.05, 3.63) is 77.4 Å². The number of piperazine rings is 1. The molecule has 1 fully saturated rings. The number of pyridine rings is 1. The molecule has 0 N–H and O–H groups in total. The van der Waals surface area contributed by atoms with Gasteiger partial charge in [-0.05, 0) is 55.0 Å². The van der Waals surface area contributed by atoms with Crippen molar-refractivity contribution in [3.8, 4) is 34.3 Å². The van der Waals surface area contributed by atoms with Crippen molar-refractivity contribution >= 4 is 16.8 Å². The van der Waals surface area contributed by atoms with Crippen LogP contribution >= 0.6 is 0 Å². The van der Waals surface area contributed by atoms with Gasteiger partial charge in [-0.15, -0.1) is 0 Å². The maximum Gasteiger partial charge on any atom is 0.254 e. The third-order valence-electron chi connectivity index (χ3n) is 7.38. The van der Waals surface area contributed by atoms with Crippen molar-refractivity contribution in [1.29, 1.82) is 0 Å². The van der Waals surface area contributed by atoms with E-state index in [1.807, 2.05) is 66.4 Å². The van der Waals surface area contributed by atoms with Crippen molar-refractivity contribution in [1.82, 2.24) is 14.8 Å². The Kier molecular flexibility index (Phi) is 6.70. The Morgan fingerprint density at radius 1 is 0.897 bits per heavy atom. The number of carbonyl (C=O) groups is 1. The summed E-state index contributed by atoms with van der Waals surface area (Å²) < 4.78 is 22.0. The van der Waals surface area contributed by atoms with E-state index < -0.39 is 0 Å². The summed E-state index contributed by atoms with van der Waals surface area (Å²) in [4.78, 5) is 23.2. The van der Waals surface area contributed by atoms with Crippen LogP contribution in [0.15, 0.2) is 60.7 Å². The zero-order chi connectivity index (χ0) is 26.9. The molecule has 2 aliphatic rings. The predicted octanol–water partition coefficient (Wildman–Crippen LogP) is 4.91. The van der Waals surface area contributed by atoms with Crippen molar-refractivity contribution in [2.45, 2.75) is 13.5 Å². The summed E-state index contributed by atoms with van der Waals surface area (Å²) in [6.07, 6.45) is 0. The first-order valence-electron chi connectivity index (χ1n) is 13.1. The normalized spacial score (nSPS) is 15.0. The molecule has 0 spiro atoms. The molecule has 1 aromatic heterocycles. The number of carbonyl (C=O) groups excluding carboxylic acids is 1. The standard InChI is InChI=1S/C31H31N3O5/c1-20-4-8-26-24(14-20)25(17-27(32-26)23-7-6-22(36-2)16-29(23)37-3)31(35)34-12-10-33(11-13-34)18-21-5-9-28-30(15-21)39-19-38-28/h4-9,14-17H,10-13,18-19H2,1-3H3. The van der Waals surface area contributed by atoms with Crippen LogP contribution in [0.2, 0.25) is 0 Å². The Bertz CT molecular complexity index is 1550. The summed E-state index contributed by atoms with van der Waals surface area (Å²) in [6.45, 7) is 6.00. The van der Waals surface area contributed by atoms with Gasteiger partial charge in [-0.2, -0.15) is 0 Å². The molecule has 0 saturated carbocycles. The highest BCUT2D eigenvalue weighted by Crippen LogP contribution is 2.35. The van der Waals surface area contributed by atoms with Gasteiger partial charge in [0.15, 0.2) is 11.5 Å². The van der Waals surface area contributed by atoms with Crippen LogP contribution in [0.25, 0.3) is 22.2 Å². The van der Waals surface area contributed by atoms with E-state index in [0.717, 1.165) is 53.2 Å². The van der Waals surface area contributed by atoms with E-state index in [1.165, 1.54) is 5.56 Å². The Balaban J connectivity index is 1.25. The fourth-order valence-corrected chi connectivity index (χ4v) is 5.24. The lowest BCUT2D eigenvalue weighted by molar-refractivity contribution is 0.0630. The number of ether oxygens (including phenoxy) is 4. The molecule has 1 amide bonds. The van der Waals surface area contributed by atoms with E-state index in [9.17, 15) is 4.79 Å². The number of rotatable bonds is 6. The second-order valence-electron chi connectivity index (χ2n) is 9.90. The number of fused-ring (bicyclic) bond motifs is 2. The maximum absolute atomic E-state index is 14.0. The lowest BCUT2D eigenvalue weighted by Gasteiger charge is -2.35. The Hall–Kier alpha value is -4.30. The van der Waals surface area contributed by atoms with E-state index in [1.54, 1.807) is 14.2 Å². The number of methoxy groups -OCH3 is 2. The van der Waals surface area contributed by atoms with E-state index in [0.29, 0.717) is 35.8 Å². The zero-order valence-corrected chi connectivity index (χ0v) is 22.4. The number of benzene rings is 3. The summed E-state index contributed by atoms with van der Waals surface area (Å²) >= 11 is 0. The van der Waals surface area contributed by atoms with Crippen LogP contribution in [0.1, 0.15) is 21.5 Å². The molecule has 0 unspecified atom stereocenters. The Morgan fingerprint density at radius 2 is 1.72 bits per heavy atom. The molecule has 1 saturated heterocycles. The fraction of sp³-hybridized carbons (Fsp3) is 0.290. The molecule has 3 aromatic carbocycles. The molecule has 0 aliphatic carbocycles. The zero-order valence-electron chi connectivity index (χ0n) is 22.4. The molecule has 0 radical (unpaired) electrons. The molecular weight excluding hydrogens is 494 g/mol. The van der Waals surface area contributed by atoms with E-state index in [-0.39, 0.29) is 12.7 Å². The molecule has 8 heteroatoms. The van der Waals surface area contributed by atoms with E-state index in [4.69, 9.17) is 23.9 Å². The second kappa shape index (κ2) is 10.5. The Morgan fingerprint density at radius 3 is 2.51 bits per heavy atom. The summed E-state index contributed by atoms with van der Waals surface area (Å²) in [5.41, 5.74) is 5.19. The van der Waals surface area contributed by atoms with Crippen LogP contribution in [-0.2, 0) is 6.54 Å². The van der Waals surface area contributed by atoms with Gasteiger partial charge in [0.05, 0.1) is 31.0 Å². The van der Waals surface area contributed by atoms with Crippen LogP contribution in [0.4, 0.5) is 0 Å². The van der Waals surface area contributed by atoms with Gasteiger partial charge in [0.25, 0.3) is 5.91 Å². The topological polar surface area (TPSA) is 73.4 Å². The average molecular weight is 526 g/mol. The molecule has 4 aromatic rings. The second-order valence-corrected chi connectivity index (χ2v) is 9.90. The number of hydrogen-bond donors (Lipinski definition) is 0. The van der Waals surface area contributed by atoms with Crippen molar-refractivity contribution in [3.63, 3.8) is 0 Å². The lowest BCUT2D eigenvalue weighted by Crippen LogP contribution is -2.48. The minimum atomic E-state index is 0.0180. The van der Waals surface area contributed by atoms with Gasteiger partial charge in [0, 0.05) is 49.7 Å². The molecule has 6 rings (SSSR count). The number of hydrogen-bond acceptors (Lipinski definition) is 7. The molecule has 0 bridgehead atoms. The predicted molar refractivity (Wildman–Crippen MR) is 149 cm³/mol. The van der Waals surface area contributed by atoms with Gasteiger partial charge in [0.2, 0.25) is 6.79 Å². The third kappa shape index (κ3) is 4.95. The van der Waals surface area contributed by atoms with Gasteiger partial charge in [-0.3, -0.25) is 9.69 Å². The third-order valence-corrected chi connectivity index (χ3v) is 7.38. The van der Waals surface area contributed by atoms with Gasteiger partial charge in [-0.1, -0.05) is 17.7 Å². The molecule has 3 heterocycles. The van der Waals surface area contributed by atoms with Crippen molar-refractivity contribution in [2.75, 3.05) is 47.2 Å². The molecule has 39 heavy (non-hydrogen) atoms. The fourth-order valence-electron chi connectivity index (χ4n) is 5.24. The van der Waals surface area contributed by atoms with Gasteiger partial charge in [-0.25, -0.2) is 4.98 Å². The van der Waals surface area contributed by atoms with Crippen molar-refractivity contribution < 1.29 is 23.7 Å². The summed E-state index contributed by atoms with van der Waals surface area (Å²) in [5, 5.41) is 0.860. The minimum absolute atomic E-state index is 0.0180. The number of nitrogens with zero attached hydrogens (tertiary/aromatic N) is 3. The van der Waals surface area contributed by atoms with Crippen LogP contribution in [0.3, 0.4) is 0 Å². The summed E-state index contributed by atoms with van der Waals surface area (Å²) in [6, 6.07) is 19.6. The first-order chi connectivity index (χ1) is 19.0. The summed E-state index contributed by atoms with van der Waals surface area (Å²) in [7, 11) is 3.24. The van der Waals surface area contributed by atoms with E-state index in [2.05, 4.69) is 11.0 Å². The Labute approximate surface area is 227 Å². The molecule has 8 nitrogen and oxygen atoms in total. The highest BCUT2D eigenvalue weighted by molar-refractivity contribution is 6.07. The first kappa shape index (κ1) is 25.0. The first-order valence-corrected chi connectivity index (χ1v) is 13.1. The SMILES string of the molecule is COc1ccc(-c2cc(C(=O)N3CCN(Cc4ccc5c(c4)OCO5)CC3)c3cc(C)ccc3n2)c(OC)c1. The number of aromatic nitrogens is 1. The molecule has 0 atom stereocenters. The van der Waals surface area contributed by atoms with Gasteiger partial charge < -0.3 is 23.8 Å². The van der Waals surface area contributed by atoms with Crippen LogP contribution in [0, 0.1) is 6.92 Å². The van der Waals surface area contributed by atoms with Crippen molar-refractivity contribution in [2.24, 2.45) is 0 Å². The smallest absolute Gasteiger partial charge is 0.254 e. The highest BCUT2D eigenvalue weighted by atomic mass is 16.7. The van der Waals surface area contributed by atoms with Crippen LogP contribution < -0.4 is 18.9 Å². The quantitative estimate of drug-likeness (QED) is 0.354. The van der Waals surface area contributed by atoms with Crippen LogP contribution in [-0.4, -0.2) is 67.9 Å². The molecule has 200 valence electrons. The average Bonchev–Trinajstić information content (AvgIpc) is 3.44. The lowest BCUT2D eigenvalue weighted by atomic mass is 10.0. The largest absolute Gasteiger partial charge is 0.497 e. The summed E-state index contributed by atoms with van der Waals surface area (Å²) in [5.74, 6) is 2.95. The minimum Gasteiger partial charge on any atom is -0.497 e.